The van der Waals surface area contributed by atoms with E-state index in [1.165, 1.54) is 16.8 Å². The molecule has 6 rings (SSSR count). The van der Waals surface area contributed by atoms with E-state index in [9.17, 15) is 14.7 Å². The maximum absolute atomic E-state index is 13.5. The van der Waals surface area contributed by atoms with Crippen molar-refractivity contribution < 1.29 is 19.4 Å². The van der Waals surface area contributed by atoms with Gasteiger partial charge in [-0.2, -0.15) is 0 Å². The minimum absolute atomic E-state index is 0.0752. The van der Waals surface area contributed by atoms with Crippen molar-refractivity contribution in [3.05, 3.63) is 79.2 Å². The van der Waals surface area contributed by atoms with Gasteiger partial charge in [0.05, 0.1) is 28.5 Å². The summed E-state index contributed by atoms with van der Waals surface area (Å²) in [5.74, 6) is 0.884. The average Bonchev–Trinajstić information content (AvgIpc) is 3.53. The Labute approximate surface area is 226 Å². The van der Waals surface area contributed by atoms with E-state index in [-0.39, 0.29) is 28.8 Å². The van der Waals surface area contributed by atoms with Crippen LogP contribution in [-0.2, 0) is 20.1 Å². The largest absolute Gasteiger partial charge is 0.478 e. The third kappa shape index (κ3) is 3.97. The van der Waals surface area contributed by atoms with Gasteiger partial charge in [-0.25, -0.2) is 14.8 Å². The highest BCUT2D eigenvalue weighted by molar-refractivity contribution is 6.31. The van der Waals surface area contributed by atoms with Crippen molar-refractivity contribution in [1.29, 1.82) is 0 Å². The van der Waals surface area contributed by atoms with E-state index < -0.39 is 12.0 Å². The van der Waals surface area contributed by atoms with Crippen LogP contribution in [0.5, 0.6) is 11.5 Å². The quantitative estimate of drug-likeness (QED) is 0.360. The predicted octanol–water partition coefficient (Wildman–Crippen LogP) is 4.76. The summed E-state index contributed by atoms with van der Waals surface area (Å²) in [7, 11) is 1.68. The highest BCUT2D eigenvalue weighted by atomic mass is 35.5. The normalized spacial score (nSPS) is 14.6. The van der Waals surface area contributed by atoms with Crippen molar-refractivity contribution in [3.63, 3.8) is 0 Å². The number of pyridine rings is 1. The zero-order chi connectivity index (χ0) is 26.7. The van der Waals surface area contributed by atoms with Crippen LogP contribution in [0.25, 0.3) is 10.9 Å². The number of carboxylic acid groups (broad SMARTS) is 1. The maximum Gasteiger partial charge on any atom is 0.339 e. The molecule has 2 aliphatic heterocycles. The topological polar surface area (TPSA) is 119 Å². The molecular formula is C26H21Cl2N5O5. The molecule has 2 aromatic heterocycles. The van der Waals surface area contributed by atoms with Crippen LogP contribution >= 0.6 is 23.2 Å². The van der Waals surface area contributed by atoms with E-state index in [2.05, 4.69) is 10.3 Å². The molecule has 0 saturated heterocycles. The van der Waals surface area contributed by atoms with Gasteiger partial charge in [0.25, 0.3) is 5.56 Å². The van der Waals surface area contributed by atoms with Gasteiger partial charge in [-0.3, -0.25) is 9.36 Å². The minimum atomic E-state index is -1.17. The van der Waals surface area contributed by atoms with Crippen molar-refractivity contribution in [2.45, 2.75) is 26.1 Å². The van der Waals surface area contributed by atoms with Gasteiger partial charge >= 0.3 is 5.97 Å². The van der Waals surface area contributed by atoms with E-state index in [1.54, 1.807) is 19.2 Å². The number of carbonyl (C=O) groups is 1. The fourth-order valence-corrected chi connectivity index (χ4v) is 5.34. The van der Waals surface area contributed by atoms with E-state index in [0.717, 1.165) is 16.9 Å². The molecule has 0 radical (unpaired) electrons. The molecule has 0 spiro atoms. The first-order chi connectivity index (χ1) is 18.2. The molecule has 0 amide bonds. The van der Waals surface area contributed by atoms with Crippen LogP contribution in [0.15, 0.2) is 41.3 Å². The molecule has 0 saturated carbocycles. The number of carboxylic acids is 1. The summed E-state index contributed by atoms with van der Waals surface area (Å²) in [6.45, 7) is 3.05. The van der Waals surface area contributed by atoms with Crippen LogP contribution in [0.2, 0.25) is 10.0 Å². The van der Waals surface area contributed by atoms with Crippen LogP contribution in [0.1, 0.15) is 40.0 Å². The second kappa shape index (κ2) is 9.07. The summed E-state index contributed by atoms with van der Waals surface area (Å²) in [6, 6.07) is 8.02. The molecule has 12 heteroatoms. The smallest absolute Gasteiger partial charge is 0.339 e. The molecule has 0 aliphatic carbocycles. The van der Waals surface area contributed by atoms with Gasteiger partial charge < -0.3 is 24.8 Å². The molecule has 1 atom stereocenters. The minimum Gasteiger partial charge on any atom is -0.478 e. The Bertz CT molecular complexity index is 1710. The van der Waals surface area contributed by atoms with Gasteiger partial charge in [0.2, 0.25) is 12.7 Å². The molecule has 0 bridgehead atoms. The third-order valence-electron chi connectivity index (χ3n) is 6.79. The van der Waals surface area contributed by atoms with Crippen LogP contribution in [0.3, 0.4) is 0 Å². The average molecular weight is 554 g/mol. The van der Waals surface area contributed by atoms with E-state index >= 15 is 0 Å². The van der Waals surface area contributed by atoms with Gasteiger partial charge in [0, 0.05) is 35.9 Å². The number of aromatic carboxylic acids is 1. The SMILES string of the molecule is C[C@@H](Nc1ncc(Cl)cc1C(=O)O)c1cc(Cl)cc2c(=O)n(C)c(N3Cc4ccc5c(c4C3)OCO5)nc12. The highest BCUT2D eigenvalue weighted by Gasteiger charge is 2.30. The fourth-order valence-electron chi connectivity index (χ4n) is 4.95. The molecule has 2 aliphatic rings. The number of benzene rings is 2. The molecular weight excluding hydrogens is 533 g/mol. The summed E-state index contributed by atoms with van der Waals surface area (Å²) < 4.78 is 12.7. The third-order valence-corrected chi connectivity index (χ3v) is 7.21. The second-order valence-corrected chi connectivity index (χ2v) is 10.1. The van der Waals surface area contributed by atoms with Crippen molar-refractivity contribution in [1.82, 2.24) is 14.5 Å². The molecule has 2 N–H and O–H groups in total. The summed E-state index contributed by atoms with van der Waals surface area (Å²) >= 11 is 12.4. The number of hydrogen-bond acceptors (Lipinski definition) is 8. The van der Waals surface area contributed by atoms with Gasteiger partial charge in [0.1, 0.15) is 11.4 Å². The van der Waals surface area contributed by atoms with Crippen LogP contribution in [0, 0.1) is 0 Å². The molecule has 194 valence electrons. The zero-order valence-corrected chi connectivity index (χ0v) is 21.8. The number of hydrogen-bond donors (Lipinski definition) is 2. The number of rotatable bonds is 5. The number of anilines is 2. The number of nitrogens with one attached hydrogen (secondary N) is 1. The number of aromatic nitrogens is 3. The molecule has 2 aromatic carbocycles. The van der Waals surface area contributed by atoms with Crippen molar-refractivity contribution in [3.8, 4) is 11.5 Å². The lowest BCUT2D eigenvalue weighted by Gasteiger charge is -2.22. The lowest BCUT2D eigenvalue weighted by atomic mass is 10.0. The first kappa shape index (κ1) is 24.3. The summed E-state index contributed by atoms with van der Waals surface area (Å²) in [6.07, 6.45) is 1.36. The number of halogens is 2. The second-order valence-electron chi connectivity index (χ2n) is 9.18. The molecule has 0 fully saturated rings. The van der Waals surface area contributed by atoms with Crippen molar-refractivity contribution in [2.75, 3.05) is 17.0 Å². The van der Waals surface area contributed by atoms with E-state index in [1.807, 2.05) is 24.0 Å². The Hall–Kier alpha value is -4.02. The van der Waals surface area contributed by atoms with Crippen molar-refractivity contribution in [2.24, 2.45) is 7.05 Å². The Morgan fingerprint density at radius 1 is 1.16 bits per heavy atom. The lowest BCUT2D eigenvalue weighted by Crippen LogP contribution is -2.28. The lowest BCUT2D eigenvalue weighted by molar-refractivity contribution is 0.0697. The fraction of sp³-hybridized carbons (Fsp3) is 0.231. The van der Waals surface area contributed by atoms with Crippen LogP contribution < -0.4 is 25.2 Å². The molecule has 0 unspecified atom stereocenters. The predicted molar refractivity (Wildman–Crippen MR) is 143 cm³/mol. The molecule has 4 aromatic rings. The Kier molecular flexibility index (Phi) is 5.81. The van der Waals surface area contributed by atoms with Gasteiger partial charge in [-0.15, -0.1) is 0 Å². The van der Waals surface area contributed by atoms with Crippen LogP contribution in [-0.4, -0.2) is 32.4 Å². The van der Waals surface area contributed by atoms with Crippen LogP contribution in [0.4, 0.5) is 11.8 Å². The first-order valence-electron chi connectivity index (χ1n) is 11.7. The Morgan fingerprint density at radius 3 is 2.76 bits per heavy atom. The summed E-state index contributed by atoms with van der Waals surface area (Å²) in [4.78, 5) is 36.4. The molecule has 10 nitrogen and oxygen atoms in total. The van der Waals surface area contributed by atoms with Gasteiger partial charge in [0.15, 0.2) is 11.5 Å². The number of ether oxygens (including phenoxy) is 2. The Balaban J connectivity index is 1.43. The standard InChI is InChI=1S/C26H21Cl2N5O5/c1-12(30-23-18(25(35)36)7-15(28)8-29-23)16-5-14(27)6-17-21(16)31-26(32(2)24(17)34)33-9-13-3-4-20-22(19(13)10-33)38-11-37-20/h3-8,12H,9-11H2,1-2H3,(H,29,30)(H,35,36)/t12-/m1/s1. The van der Waals surface area contributed by atoms with Crippen molar-refractivity contribution >= 4 is 51.8 Å². The summed E-state index contributed by atoms with van der Waals surface area (Å²) in [5.41, 5.74) is 2.83. The summed E-state index contributed by atoms with van der Waals surface area (Å²) in [5, 5.41) is 13.6. The molecule has 4 heterocycles. The first-order valence-corrected chi connectivity index (χ1v) is 12.5. The maximum atomic E-state index is 13.5. The van der Waals surface area contributed by atoms with E-state index in [4.69, 9.17) is 37.7 Å². The monoisotopic (exact) mass is 553 g/mol. The highest BCUT2D eigenvalue weighted by Crippen LogP contribution is 2.42. The zero-order valence-electron chi connectivity index (χ0n) is 20.3. The number of nitrogens with zero attached hydrogens (tertiary/aromatic N) is 4. The number of fused-ring (bicyclic) bond motifs is 4. The Morgan fingerprint density at radius 2 is 1.97 bits per heavy atom. The molecule has 38 heavy (non-hydrogen) atoms. The van der Waals surface area contributed by atoms with Gasteiger partial charge in [-0.1, -0.05) is 29.3 Å². The van der Waals surface area contributed by atoms with E-state index in [0.29, 0.717) is 46.3 Å². The van der Waals surface area contributed by atoms with Gasteiger partial charge in [-0.05, 0) is 36.8 Å².